The highest BCUT2D eigenvalue weighted by atomic mass is 35.5. The molecule has 1 rings (SSSR count). The Morgan fingerprint density at radius 1 is 1.41 bits per heavy atom. The molecule has 0 heterocycles. The maximum absolute atomic E-state index is 13.5. The Hall–Kier alpha value is -1.07. The molecule has 1 aromatic carbocycles. The van der Waals surface area contributed by atoms with Gasteiger partial charge in [0.2, 0.25) is 0 Å². The van der Waals surface area contributed by atoms with Gasteiger partial charge in [-0.1, -0.05) is 17.7 Å². The van der Waals surface area contributed by atoms with Crippen molar-refractivity contribution in [3.8, 4) is 0 Å². The van der Waals surface area contributed by atoms with Crippen LogP contribution in [0, 0.1) is 5.82 Å². The van der Waals surface area contributed by atoms with Crippen LogP contribution in [-0.2, 0) is 6.18 Å². The van der Waals surface area contributed by atoms with Gasteiger partial charge in [0.1, 0.15) is 5.82 Å². The monoisotopic (exact) mass is 267 g/mol. The number of benzene rings is 1. The van der Waals surface area contributed by atoms with Crippen LogP contribution < -0.4 is 5.73 Å². The van der Waals surface area contributed by atoms with E-state index in [2.05, 4.69) is 6.58 Å². The Morgan fingerprint density at radius 3 is 2.47 bits per heavy atom. The van der Waals surface area contributed by atoms with Gasteiger partial charge in [0.15, 0.2) is 0 Å². The van der Waals surface area contributed by atoms with Crippen LogP contribution >= 0.6 is 11.6 Å². The molecule has 0 bridgehead atoms. The molecule has 0 unspecified atom stereocenters. The van der Waals surface area contributed by atoms with Crippen LogP contribution in [0.2, 0.25) is 5.02 Å². The Bertz CT molecular complexity index is 428. The van der Waals surface area contributed by atoms with Crippen molar-refractivity contribution >= 4 is 11.6 Å². The molecule has 0 aliphatic rings. The van der Waals surface area contributed by atoms with Crippen LogP contribution in [-0.4, -0.2) is 0 Å². The normalized spacial score (nSPS) is 13.5. The third-order valence-electron chi connectivity index (χ3n) is 2.20. The first kappa shape index (κ1) is 14.0. The van der Waals surface area contributed by atoms with Gasteiger partial charge in [-0.05, 0) is 18.6 Å². The molecule has 1 nitrogen and oxygen atoms in total. The smallest absolute Gasteiger partial charge is 0.324 e. The molecule has 1 aromatic rings. The summed E-state index contributed by atoms with van der Waals surface area (Å²) in [4.78, 5) is 0. The number of nitrogens with two attached hydrogens (primary N) is 1. The molecule has 1 atom stereocenters. The standard InChI is InChI=1S/C11H10ClF4N/c1-2-3-9(17)7-4-6(11(14,15)16)5-8(12)10(7)13/h2,4-5,9H,1,3,17H2/t9-/m0/s1. The summed E-state index contributed by atoms with van der Waals surface area (Å²) in [5, 5.41) is -0.589. The zero-order valence-corrected chi connectivity index (χ0v) is 9.45. The lowest BCUT2D eigenvalue weighted by molar-refractivity contribution is -0.137. The first-order valence-corrected chi connectivity index (χ1v) is 5.07. The highest BCUT2D eigenvalue weighted by Crippen LogP contribution is 2.35. The lowest BCUT2D eigenvalue weighted by Gasteiger charge is -2.15. The van der Waals surface area contributed by atoms with Crippen molar-refractivity contribution < 1.29 is 17.6 Å². The van der Waals surface area contributed by atoms with E-state index in [4.69, 9.17) is 17.3 Å². The van der Waals surface area contributed by atoms with E-state index in [1.807, 2.05) is 0 Å². The number of hydrogen-bond acceptors (Lipinski definition) is 1. The van der Waals surface area contributed by atoms with Gasteiger partial charge in [-0.25, -0.2) is 4.39 Å². The zero-order valence-electron chi connectivity index (χ0n) is 8.69. The third kappa shape index (κ3) is 3.20. The number of rotatable bonds is 3. The van der Waals surface area contributed by atoms with E-state index in [1.54, 1.807) is 0 Å². The minimum Gasteiger partial charge on any atom is -0.324 e. The highest BCUT2D eigenvalue weighted by Gasteiger charge is 2.32. The summed E-state index contributed by atoms with van der Waals surface area (Å²) in [5.74, 6) is -0.922. The summed E-state index contributed by atoms with van der Waals surface area (Å²) in [6, 6.07) is 0.323. The highest BCUT2D eigenvalue weighted by molar-refractivity contribution is 6.30. The molecule has 0 aliphatic carbocycles. The van der Waals surface area contributed by atoms with E-state index >= 15 is 0 Å². The topological polar surface area (TPSA) is 26.0 Å². The maximum atomic E-state index is 13.5. The number of halogens is 5. The second kappa shape index (κ2) is 5.06. The van der Waals surface area contributed by atoms with Crippen molar-refractivity contribution in [2.45, 2.75) is 18.6 Å². The molecule has 0 aliphatic heterocycles. The fourth-order valence-corrected chi connectivity index (χ4v) is 1.58. The Balaban J connectivity index is 3.29. The van der Waals surface area contributed by atoms with E-state index in [-0.39, 0.29) is 12.0 Å². The van der Waals surface area contributed by atoms with E-state index in [1.165, 1.54) is 6.08 Å². The Labute approximate surface area is 101 Å². The molecule has 0 saturated carbocycles. The number of hydrogen-bond donors (Lipinski definition) is 1. The average molecular weight is 268 g/mol. The summed E-state index contributed by atoms with van der Waals surface area (Å²) < 4.78 is 51.0. The first-order chi connectivity index (χ1) is 7.77. The summed E-state index contributed by atoms with van der Waals surface area (Å²) >= 11 is 5.41. The van der Waals surface area contributed by atoms with Crippen molar-refractivity contribution in [2.75, 3.05) is 0 Å². The van der Waals surface area contributed by atoms with Gasteiger partial charge in [-0.2, -0.15) is 13.2 Å². The molecule has 0 aromatic heterocycles. The van der Waals surface area contributed by atoms with Crippen molar-refractivity contribution in [1.29, 1.82) is 0 Å². The fraction of sp³-hybridized carbons (Fsp3) is 0.273. The van der Waals surface area contributed by atoms with Crippen LogP contribution in [0.25, 0.3) is 0 Å². The molecule has 17 heavy (non-hydrogen) atoms. The summed E-state index contributed by atoms with van der Waals surface area (Å²) in [7, 11) is 0. The van der Waals surface area contributed by atoms with Crippen molar-refractivity contribution in [2.24, 2.45) is 5.73 Å². The van der Waals surface area contributed by atoms with Crippen molar-refractivity contribution in [3.63, 3.8) is 0 Å². The van der Waals surface area contributed by atoms with Gasteiger partial charge in [0.25, 0.3) is 0 Å². The Morgan fingerprint density at radius 2 is 2.00 bits per heavy atom. The molecule has 94 valence electrons. The lowest BCUT2D eigenvalue weighted by atomic mass is 10.0. The van der Waals surface area contributed by atoms with E-state index < -0.39 is 28.6 Å². The molecule has 2 N–H and O–H groups in total. The summed E-state index contributed by atoms with van der Waals surface area (Å²) in [6.45, 7) is 3.39. The lowest BCUT2D eigenvalue weighted by Crippen LogP contribution is -2.14. The third-order valence-corrected chi connectivity index (χ3v) is 2.48. The SMILES string of the molecule is C=CC[C@H](N)c1cc(C(F)(F)F)cc(Cl)c1F. The second-order valence-corrected chi connectivity index (χ2v) is 3.90. The molecule has 0 saturated heterocycles. The first-order valence-electron chi connectivity index (χ1n) is 4.70. The molecule has 0 amide bonds. The van der Waals surface area contributed by atoms with Crippen LogP contribution in [0.5, 0.6) is 0 Å². The second-order valence-electron chi connectivity index (χ2n) is 3.49. The van der Waals surface area contributed by atoms with Crippen LogP contribution in [0.4, 0.5) is 17.6 Å². The van der Waals surface area contributed by atoms with Crippen molar-refractivity contribution in [1.82, 2.24) is 0 Å². The van der Waals surface area contributed by atoms with Crippen LogP contribution in [0.3, 0.4) is 0 Å². The molecular formula is C11H10ClF4N. The Kier molecular flexibility index (Phi) is 4.16. The number of alkyl halides is 3. The largest absolute Gasteiger partial charge is 0.416 e. The van der Waals surface area contributed by atoms with Gasteiger partial charge in [0, 0.05) is 11.6 Å². The predicted molar refractivity (Wildman–Crippen MR) is 58.2 cm³/mol. The average Bonchev–Trinajstić information content (AvgIpc) is 2.20. The molecule has 6 heteroatoms. The summed E-state index contributed by atoms with van der Waals surface area (Å²) in [6.07, 6.45) is -3.02. The van der Waals surface area contributed by atoms with Crippen LogP contribution in [0.15, 0.2) is 24.8 Å². The molecule has 0 spiro atoms. The fourth-order valence-electron chi connectivity index (χ4n) is 1.35. The minimum absolute atomic E-state index is 0.161. The minimum atomic E-state index is -4.58. The van der Waals surface area contributed by atoms with Crippen LogP contribution in [0.1, 0.15) is 23.6 Å². The van der Waals surface area contributed by atoms with E-state index in [0.717, 1.165) is 0 Å². The predicted octanol–water partition coefficient (Wildman–Crippen LogP) is 4.07. The maximum Gasteiger partial charge on any atom is 0.416 e. The quantitative estimate of drug-likeness (QED) is 0.648. The van der Waals surface area contributed by atoms with E-state index in [9.17, 15) is 17.6 Å². The molecule has 0 radical (unpaired) electrons. The molecule has 0 fully saturated rings. The van der Waals surface area contributed by atoms with Gasteiger partial charge >= 0.3 is 6.18 Å². The van der Waals surface area contributed by atoms with Gasteiger partial charge < -0.3 is 5.73 Å². The summed E-state index contributed by atoms with van der Waals surface area (Å²) in [5.41, 5.74) is 4.28. The van der Waals surface area contributed by atoms with Gasteiger partial charge in [0.05, 0.1) is 10.6 Å². The zero-order chi connectivity index (χ0) is 13.2. The van der Waals surface area contributed by atoms with Crippen molar-refractivity contribution in [3.05, 3.63) is 46.8 Å². The molecular weight excluding hydrogens is 258 g/mol. The van der Waals surface area contributed by atoms with Gasteiger partial charge in [-0.3, -0.25) is 0 Å². The van der Waals surface area contributed by atoms with Gasteiger partial charge in [-0.15, -0.1) is 6.58 Å². The van der Waals surface area contributed by atoms with E-state index in [0.29, 0.717) is 12.1 Å².